The number of methoxy groups -OCH3 is 1. The first-order chi connectivity index (χ1) is 10.0. The lowest BCUT2D eigenvalue weighted by molar-refractivity contribution is -0.115. The summed E-state index contributed by atoms with van der Waals surface area (Å²) in [5.74, 6) is 0.708. The zero-order chi connectivity index (χ0) is 15.4. The third-order valence-corrected chi connectivity index (χ3v) is 3.48. The van der Waals surface area contributed by atoms with Crippen LogP contribution >= 0.6 is 0 Å². The molecule has 2 rings (SSSR count). The third-order valence-electron chi connectivity index (χ3n) is 3.48. The van der Waals surface area contributed by atoms with E-state index in [-0.39, 0.29) is 5.91 Å². The van der Waals surface area contributed by atoms with Crippen molar-refractivity contribution in [2.45, 2.75) is 27.2 Å². The standard InChI is InChI=1S/C18H21NO2/c1-12-9-13(2)18(14(3)10-12)19-17(20)11-15-7-5-6-8-16(15)21-4/h5-10H,11H2,1-4H3,(H,19,20). The fourth-order valence-electron chi connectivity index (χ4n) is 2.58. The second-order valence-electron chi connectivity index (χ2n) is 5.31. The average molecular weight is 283 g/mol. The van der Waals surface area contributed by atoms with Crippen LogP contribution in [-0.4, -0.2) is 13.0 Å². The smallest absolute Gasteiger partial charge is 0.228 e. The Morgan fingerprint density at radius 1 is 1.10 bits per heavy atom. The number of amides is 1. The predicted octanol–water partition coefficient (Wildman–Crippen LogP) is 3.80. The summed E-state index contributed by atoms with van der Waals surface area (Å²) < 4.78 is 5.28. The molecule has 0 aliphatic carbocycles. The number of ether oxygens (including phenoxy) is 1. The lowest BCUT2D eigenvalue weighted by Crippen LogP contribution is -2.16. The Hall–Kier alpha value is -2.29. The van der Waals surface area contributed by atoms with Gasteiger partial charge in [-0.05, 0) is 38.0 Å². The van der Waals surface area contributed by atoms with Crippen LogP contribution in [0.3, 0.4) is 0 Å². The van der Waals surface area contributed by atoms with Gasteiger partial charge in [0, 0.05) is 11.3 Å². The second-order valence-corrected chi connectivity index (χ2v) is 5.31. The molecule has 0 radical (unpaired) electrons. The van der Waals surface area contributed by atoms with Gasteiger partial charge in [-0.2, -0.15) is 0 Å². The quantitative estimate of drug-likeness (QED) is 0.926. The fourth-order valence-corrected chi connectivity index (χ4v) is 2.58. The molecule has 0 atom stereocenters. The van der Waals surface area contributed by atoms with Gasteiger partial charge in [-0.3, -0.25) is 4.79 Å². The minimum atomic E-state index is -0.0328. The van der Waals surface area contributed by atoms with Gasteiger partial charge in [0.15, 0.2) is 0 Å². The van der Waals surface area contributed by atoms with Crippen LogP contribution in [0.15, 0.2) is 36.4 Å². The van der Waals surface area contributed by atoms with Crippen molar-refractivity contribution >= 4 is 11.6 Å². The molecule has 3 heteroatoms. The lowest BCUT2D eigenvalue weighted by atomic mass is 10.0. The van der Waals surface area contributed by atoms with Gasteiger partial charge in [0.25, 0.3) is 0 Å². The molecule has 0 aromatic heterocycles. The second kappa shape index (κ2) is 6.44. The summed E-state index contributed by atoms with van der Waals surface area (Å²) in [4.78, 5) is 12.3. The van der Waals surface area contributed by atoms with Gasteiger partial charge in [0.2, 0.25) is 5.91 Å². The maximum absolute atomic E-state index is 12.3. The van der Waals surface area contributed by atoms with Crippen molar-refractivity contribution < 1.29 is 9.53 Å². The Bertz CT molecular complexity index is 639. The van der Waals surface area contributed by atoms with Gasteiger partial charge in [0.05, 0.1) is 13.5 Å². The van der Waals surface area contributed by atoms with Crippen LogP contribution in [0, 0.1) is 20.8 Å². The molecule has 110 valence electrons. The molecule has 21 heavy (non-hydrogen) atoms. The van der Waals surface area contributed by atoms with Gasteiger partial charge in [-0.25, -0.2) is 0 Å². The monoisotopic (exact) mass is 283 g/mol. The van der Waals surface area contributed by atoms with E-state index in [4.69, 9.17) is 4.74 Å². The van der Waals surface area contributed by atoms with Crippen LogP contribution in [0.5, 0.6) is 5.75 Å². The van der Waals surface area contributed by atoms with E-state index in [1.807, 2.05) is 38.1 Å². The first kappa shape index (κ1) is 15.1. The number of nitrogens with one attached hydrogen (secondary N) is 1. The molecule has 0 saturated heterocycles. The number of benzene rings is 2. The first-order valence-corrected chi connectivity index (χ1v) is 7.01. The van der Waals surface area contributed by atoms with Gasteiger partial charge in [-0.15, -0.1) is 0 Å². The first-order valence-electron chi connectivity index (χ1n) is 7.01. The number of rotatable bonds is 4. The van der Waals surface area contributed by atoms with E-state index in [1.165, 1.54) is 5.56 Å². The minimum Gasteiger partial charge on any atom is -0.496 e. The largest absolute Gasteiger partial charge is 0.496 e. The summed E-state index contributed by atoms with van der Waals surface area (Å²) in [6, 6.07) is 11.7. The van der Waals surface area contributed by atoms with Gasteiger partial charge in [-0.1, -0.05) is 35.9 Å². The van der Waals surface area contributed by atoms with Crippen LogP contribution in [0.25, 0.3) is 0 Å². The van der Waals surface area contributed by atoms with E-state index < -0.39 is 0 Å². The lowest BCUT2D eigenvalue weighted by Gasteiger charge is -2.13. The molecule has 0 bridgehead atoms. The van der Waals surface area contributed by atoms with Crippen molar-refractivity contribution in [3.8, 4) is 5.75 Å². The maximum atomic E-state index is 12.3. The summed E-state index contributed by atoms with van der Waals surface area (Å²) in [6.07, 6.45) is 0.302. The molecule has 1 N–H and O–H groups in total. The third kappa shape index (κ3) is 3.63. The van der Waals surface area contributed by atoms with E-state index in [0.29, 0.717) is 6.42 Å². The van der Waals surface area contributed by atoms with E-state index in [1.54, 1.807) is 7.11 Å². The molecule has 0 aliphatic rings. The fraction of sp³-hybridized carbons (Fsp3) is 0.278. The highest BCUT2D eigenvalue weighted by Crippen LogP contribution is 2.23. The summed E-state index contributed by atoms with van der Waals surface area (Å²) in [5, 5.41) is 3.01. The molecule has 0 fully saturated rings. The van der Waals surface area contributed by atoms with Gasteiger partial charge >= 0.3 is 0 Å². The van der Waals surface area contributed by atoms with E-state index in [9.17, 15) is 4.79 Å². The zero-order valence-electron chi connectivity index (χ0n) is 13.0. The topological polar surface area (TPSA) is 38.3 Å². The molecule has 0 unspecified atom stereocenters. The normalized spacial score (nSPS) is 10.3. The van der Waals surface area contributed by atoms with Crippen molar-refractivity contribution in [1.82, 2.24) is 0 Å². The van der Waals surface area contributed by atoms with Crippen molar-refractivity contribution in [3.05, 3.63) is 58.7 Å². The minimum absolute atomic E-state index is 0.0328. The number of aryl methyl sites for hydroxylation is 3. The molecule has 0 aliphatic heterocycles. The van der Waals surface area contributed by atoms with Crippen molar-refractivity contribution in [2.24, 2.45) is 0 Å². The Morgan fingerprint density at radius 2 is 1.71 bits per heavy atom. The zero-order valence-corrected chi connectivity index (χ0v) is 13.0. The number of para-hydroxylation sites is 1. The Labute approximate surface area is 126 Å². The number of hydrogen-bond donors (Lipinski definition) is 1. The highest BCUT2D eigenvalue weighted by atomic mass is 16.5. The molecular formula is C18H21NO2. The Morgan fingerprint density at radius 3 is 2.33 bits per heavy atom. The molecule has 1 amide bonds. The van der Waals surface area contributed by atoms with E-state index >= 15 is 0 Å². The van der Waals surface area contributed by atoms with E-state index in [2.05, 4.69) is 24.4 Å². The van der Waals surface area contributed by atoms with Crippen LogP contribution < -0.4 is 10.1 Å². The predicted molar refractivity (Wildman–Crippen MR) is 86.0 cm³/mol. The Kier molecular flexibility index (Phi) is 4.63. The van der Waals surface area contributed by atoms with Crippen molar-refractivity contribution in [1.29, 1.82) is 0 Å². The van der Waals surface area contributed by atoms with Crippen molar-refractivity contribution in [3.63, 3.8) is 0 Å². The molecular weight excluding hydrogens is 262 g/mol. The van der Waals surface area contributed by atoms with Gasteiger partial charge < -0.3 is 10.1 Å². The number of anilines is 1. The number of hydrogen-bond acceptors (Lipinski definition) is 2. The highest BCUT2D eigenvalue weighted by Gasteiger charge is 2.11. The van der Waals surface area contributed by atoms with Crippen LogP contribution in [0.2, 0.25) is 0 Å². The summed E-state index contributed by atoms with van der Waals surface area (Å²) in [6.45, 7) is 6.08. The maximum Gasteiger partial charge on any atom is 0.228 e. The SMILES string of the molecule is COc1ccccc1CC(=O)Nc1c(C)cc(C)cc1C. The summed E-state index contributed by atoms with van der Waals surface area (Å²) >= 11 is 0. The average Bonchev–Trinajstić information content (AvgIpc) is 2.43. The van der Waals surface area contributed by atoms with Crippen LogP contribution in [0.1, 0.15) is 22.3 Å². The molecule has 2 aromatic rings. The van der Waals surface area contributed by atoms with Gasteiger partial charge in [0.1, 0.15) is 5.75 Å². The molecule has 3 nitrogen and oxygen atoms in total. The summed E-state index contributed by atoms with van der Waals surface area (Å²) in [5.41, 5.74) is 5.16. The number of carbonyl (C=O) groups is 1. The molecule has 0 heterocycles. The number of carbonyl (C=O) groups excluding carboxylic acids is 1. The molecule has 0 saturated carbocycles. The Balaban J connectivity index is 2.16. The highest BCUT2D eigenvalue weighted by molar-refractivity contribution is 5.94. The van der Waals surface area contributed by atoms with Crippen LogP contribution in [0.4, 0.5) is 5.69 Å². The summed E-state index contributed by atoms with van der Waals surface area (Å²) in [7, 11) is 1.62. The molecule has 2 aromatic carbocycles. The van der Waals surface area contributed by atoms with Crippen molar-refractivity contribution in [2.75, 3.05) is 12.4 Å². The molecule has 0 spiro atoms. The van der Waals surface area contributed by atoms with Crippen LogP contribution in [-0.2, 0) is 11.2 Å². The van der Waals surface area contributed by atoms with E-state index in [0.717, 1.165) is 28.1 Å².